The second kappa shape index (κ2) is 11.7. The SMILES string of the molecule is CN(C1=NC(=O)C(=C(Cc2ccc(C(F)(F)F)cc2C(F)(F)F)c2ccc3[nH]ncc3c2)S1)C1CCN(CC(N)=O)CC1. The van der Waals surface area contributed by atoms with E-state index in [1.807, 2.05) is 9.80 Å². The van der Waals surface area contributed by atoms with Gasteiger partial charge < -0.3 is 10.6 Å². The van der Waals surface area contributed by atoms with Crippen molar-refractivity contribution in [1.29, 1.82) is 0 Å². The van der Waals surface area contributed by atoms with Crippen molar-refractivity contribution in [2.24, 2.45) is 10.7 Å². The number of nitrogens with zero attached hydrogens (tertiary/aromatic N) is 4. The number of carbonyl (C=O) groups is 2. The summed E-state index contributed by atoms with van der Waals surface area (Å²) >= 11 is 1.02. The van der Waals surface area contributed by atoms with Crippen molar-refractivity contribution in [3.8, 4) is 0 Å². The fourth-order valence-electron chi connectivity index (χ4n) is 5.28. The van der Waals surface area contributed by atoms with Gasteiger partial charge in [0.15, 0.2) is 5.17 Å². The molecule has 3 aromatic rings. The van der Waals surface area contributed by atoms with Gasteiger partial charge in [0.25, 0.3) is 5.91 Å². The first kappa shape index (κ1) is 30.6. The Morgan fingerprint density at radius 1 is 1.09 bits per heavy atom. The molecule has 0 atom stereocenters. The van der Waals surface area contributed by atoms with Gasteiger partial charge in [-0.05, 0) is 72.0 Å². The molecular formula is C28H26F6N6O2S. The predicted molar refractivity (Wildman–Crippen MR) is 150 cm³/mol. The van der Waals surface area contributed by atoms with E-state index >= 15 is 0 Å². The van der Waals surface area contributed by atoms with Gasteiger partial charge in [0.2, 0.25) is 5.91 Å². The van der Waals surface area contributed by atoms with Gasteiger partial charge in [-0.25, -0.2) is 0 Å². The molecule has 5 rings (SSSR count). The number of amides is 2. The third-order valence-corrected chi connectivity index (χ3v) is 8.73. The number of allylic oxidation sites excluding steroid dienone is 1. The molecule has 0 unspecified atom stereocenters. The van der Waals surface area contributed by atoms with Crippen LogP contribution in [0.25, 0.3) is 16.5 Å². The molecule has 0 bridgehead atoms. The van der Waals surface area contributed by atoms with Crippen LogP contribution >= 0.6 is 11.8 Å². The van der Waals surface area contributed by atoms with E-state index < -0.39 is 47.3 Å². The van der Waals surface area contributed by atoms with Crippen molar-refractivity contribution in [2.45, 2.75) is 37.7 Å². The molecule has 2 amide bonds. The molecule has 43 heavy (non-hydrogen) atoms. The summed E-state index contributed by atoms with van der Waals surface area (Å²) in [4.78, 5) is 32.6. The van der Waals surface area contributed by atoms with E-state index in [1.165, 1.54) is 6.20 Å². The summed E-state index contributed by atoms with van der Waals surface area (Å²) in [5, 5.41) is 7.74. The van der Waals surface area contributed by atoms with Crippen molar-refractivity contribution in [3.05, 3.63) is 69.8 Å². The Hall–Kier alpha value is -3.85. The number of amidine groups is 1. The number of aromatic nitrogens is 2. The van der Waals surface area contributed by atoms with Crippen LogP contribution in [0.2, 0.25) is 0 Å². The van der Waals surface area contributed by atoms with Crippen molar-refractivity contribution in [2.75, 3.05) is 26.7 Å². The zero-order chi connectivity index (χ0) is 31.1. The number of rotatable bonds is 6. The van der Waals surface area contributed by atoms with Crippen molar-refractivity contribution in [3.63, 3.8) is 0 Å². The minimum Gasteiger partial charge on any atom is -0.369 e. The Kier molecular flexibility index (Phi) is 8.31. The largest absolute Gasteiger partial charge is 0.416 e. The van der Waals surface area contributed by atoms with Crippen LogP contribution in [-0.4, -0.2) is 69.7 Å². The molecule has 1 aromatic heterocycles. The van der Waals surface area contributed by atoms with Crippen LogP contribution in [0.5, 0.6) is 0 Å². The second-order valence-corrected chi connectivity index (χ2v) is 11.4. The number of benzene rings is 2. The van der Waals surface area contributed by atoms with Crippen LogP contribution in [-0.2, 0) is 28.4 Å². The van der Waals surface area contributed by atoms with Crippen LogP contribution in [0.15, 0.2) is 52.5 Å². The normalized spacial score (nSPS) is 18.3. The average molecular weight is 625 g/mol. The van der Waals surface area contributed by atoms with E-state index in [0.29, 0.717) is 53.6 Å². The quantitative estimate of drug-likeness (QED) is 0.293. The first-order chi connectivity index (χ1) is 20.2. The predicted octanol–water partition coefficient (Wildman–Crippen LogP) is 5.07. The first-order valence-electron chi connectivity index (χ1n) is 13.2. The molecule has 3 N–H and O–H groups in total. The Labute approximate surface area is 246 Å². The lowest BCUT2D eigenvalue weighted by Crippen LogP contribution is -2.46. The Balaban J connectivity index is 1.50. The van der Waals surface area contributed by atoms with Gasteiger partial charge >= 0.3 is 12.4 Å². The highest BCUT2D eigenvalue weighted by atomic mass is 32.2. The molecular weight excluding hydrogens is 598 g/mol. The second-order valence-electron chi connectivity index (χ2n) is 10.4. The van der Waals surface area contributed by atoms with Gasteiger partial charge in [0.05, 0.1) is 34.3 Å². The number of piperidine rings is 1. The molecule has 15 heteroatoms. The zero-order valence-corrected chi connectivity index (χ0v) is 23.5. The van der Waals surface area contributed by atoms with Gasteiger partial charge in [-0.2, -0.15) is 36.4 Å². The lowest BCUT2D eigenvalue weighted by Gasteiger charge is -2.36. The Bertz CT molecular complexity index is 1620. The lowest BCUT2D eigenvalue weighted by atomic mass is 9.92. The van der Waals surface area contributed by atoms with Crippen LogP contribution < -0.4 is 5.73 Å². The number of hydrogen-bond donors (Lipinski definition) is 2. The number of hydrogen-bond acceptors (Lipinski definition) is 6. The van der Waals surface area contributed by atoms with Crippen LogP contribution in [0.4, 0.5) is 26.3 Å². The number of nitrogens with two attached hydrogens (primary N) is 1. The number of halogens is 6. The number of primary amides is 1. The first-order valence-corrected chi connectivity index (χ1v) is 14.0. The summed E-state index contributed by atoms with van der Waals surface area (Å²) in [6.45, 7) is 1.36. The van der Waals surface area contributed by atoms with Gasteiger partial charge in [0, 0.05) is 31.6 Å². The van der Waals surface area contributed by atoms with E-state index in [0.717, 1.165) is 17.8 Å². The Morgan fingerprint density at radius 3 is 2.47 bits per heavy atom. The third kappa shape index (κ3) is 6.72. The summed E-state index contributed by atoms with van der Waals surface area (Å²) in [5.41, 5.74) is 3.30. The van der Waals surface area contributed by atoms with Crippen LogP contribution in [0.3, 0.4) is 0 Å². The summed E-state index contributed by atoms with van der Waals surface area (Å²) < 4.78 is 82.0. The molecule has 0 aliphatic carbocycles. The lowest BCUT2D eigenvalue weighted by molar-refractivity contribution is -0.143. The number of H-pyrrole nitrogens is 1. The molecule has 8 nitrogen and oxygen atoms in total. The third-order valence-electron chi connectivity index (χ3n) is 7.54. The highest BCUT2D eigenvalue weighted by Gasteiger charge is 2.39. The van der Waals surface area contributed by atoms with E-state index in [1.54, 1.807) is 25.2 Å². The average Bonchev–Trinajstić information content (AvgIpc) is 3.56. The molecule has 1 fully saturated rings. The zero-order valence-electron chi connectivity index (χ0n) is 22.7. The number of alkyl halides is 6. The molecule has 0 spiro atoms. The maximum atomic E-state index is 14.0. The van der Waals surface area contributed by atoms with Gasteiger partial charge in [0.1, 0.15) is 0 Å². The monoisotopic (exact) mass is 624 g/mol. The number of carbonyl (C=O) groups excluding carboxylic acids is 2. The summed E-state index contributed by atoms with van der Waals surface area (Å²) in [6, 6.07) is 6.43. The van der Waals surface area contributed by atoms with E-state index in [-0.39, 0.29) is 29.1 Å². The van der Waals surface area contributed by atoms with Gasteiger partial charge in [-0.3, -0.25) is 19.6 Å². The molecule has 2 aromatic carbocycles. The molecule has 1 saturated heterocycles. The number of fused-ring (bicyclic) bond motifs is 1. The van der Waals surface area contributed by atoms with Gasteiger partial charge in [-0.1, -0.05) is 12.1 Å². The fourth-order valence-corrected chi connectivity index (χ4v) is 6.33. The smallest absolute Gasteiger partial charge is 0.369 e. The minimum absolute atomic E-state index is 0.0139. The number of likely N-dealkylation sites (tertiary alicyclic amines) is 1. The fraction of sp³-hybridized carbons (Fsp3) is 0.357. The molecule has 2 aliphatic heterocycles. The van der Waals surface area contributed by atoms with Crippen molar-refractivity contribution >= 4 is 45.2 Å². The van der Waals surface area contributed by atoms with Crippen LogP contribution in [0, 0.1) is 0 Å². The van der Waals surface area contributed by atoms with E-state index in [9.17, 15) is 35.9 Å². The Morgan fingerprint density at radius 2 is 1.81 bits per heavy atom. The maximum absolute atomic E-state index is 14.0. The molecule has 3 heterocycles. The number of aliphatic imine (C=N–C) groups is 1. The maximum Gasteiger partial charge on any atom is 0.416 e. The number of aromatic amines is 1. The number of nitrogens with one attached hydrogen (secondary N) is 1. The molecule has 0 saturated carbocycles. The molecule has 228 valence electrons. The van der Waals surface area contributed by atoms with Gasteiger partial charge in [-0.15, -0.1) is 0 Å². The van der Waals surface area contributed by atoms with Crippen molar-refractivity contribution in [1.82, 2.24) is 20.0 Å². The summed E-state index contributed by atoms with van der Waals surface area (Å²) in [6.07, 6.45) is -7.65. The molecule has 2 aliphatic rings. The number of thioether (sulfide) groups is 1. The summed E-state index contributed by atoms with van der Waals surface area (Å²) in [5.74, 6) is -1.08. The highest BCUT2D eigenvalue weighted by Crippen LogP contribution is 2.42. The summed E-state index contributed by atoms with van der Waals surface area (Å²) in [7, 11) is 1.77. The van der Waals surface area contributed by atoms with E-state index in [2.05, 4.69) is 15.2 Å². The standard InChI is InChI=1S/C28H26F6N6O2S/c1-39(19-6-8-40(9-7-19)14-23(35)41)26-37-25(42)24(43-26)20(15-3-5-22-17(10-15)13-36-38-22)11-16-2-4-18(27(29,30)31)12-21(16)28(32,33)34/h2-5,10,12-13,19H,6-9,11,14H2,1H3,(H2,35,41)(H,36,38). The van der Waals surface area contributed by atoms with Crippen LogP contribution in [0.1, 0.15) is 35.1 Å². The highest BCUT2D eigenvalue weighted by molar-refractivity contribution is 8.18. The minimum atomic E-state index is -5.07. The van der Waals surface area contributed by atoms with Crippen molar-refractivity contribution < 1.29 is 35.9 Å². The molecule has 0 radical (unpaired) electrons. The van der Waals surface area contributed by atoms with E-state index in [4.69, 9.17) is 5.73 Å². The topological polar surface area (TPSA) is 108 Å².